The molecular formula is C14H20BrN5O. The Morgan fingerprint density at radius 1 is 1.33 bits per heavy atom. The number of nitrogens with zero attached hydrogens (tertiary/aromatic N) is 4. The molecule has 0 fully saturated rings. The molecule has 0 saturated heterocycles. The van der Waals surface area contributed by atoms with Crippen molar-refractivity contribution in [3.05, 3.63) is 15.9 Å². The lowest BCUT2D eigenvalue weighted by atomic mass is 10.2. The molecule has 114 valence electrons. The van der Waals surface area contributed by atoms with E-state index in [4.69, 9.17) is 9.72 Å². The zero-order valence-corrected chi connectivity index (χ0v) is 14.6. The molecule has 0 aliphatic rings. The number of hydrogen-bond donors (Lipinski definition) is 1. The maximum absolute atomic E-state index is 5.44. The lowest BCUT2D eigenvalue weighted by Crippen LogP contribution is -2.04. The van der Waals surface area contributed by atoms with Crippen molar-refractivity contribution in [1.82, 2.24) is 19.7 Å². The maximum Gasteiger partial charge on any atom is 0.222 e. The molecule has 1 N–H and O–H groups in total. The number of anilines is 1. The molecule has 0 aliphatic heterocycles. The van der Waals surface area contributed by atoms with Crippen molar-refractivity contribution in [1.29, 1.82) is 0 Å². The van der Waals surface area contributed by atoms with Crippen molar-refractivity contribution in [2.24, 2.45) is 7.05 Å². The Balaban J connectivity index is 2.66. The van der Waals surface area contributed by atoms with Gasteiger partial charge in [0.2, 0.25) is 5.88 Å². The molecule has 0 unspecified atom stereocenters. The molecule has 0 aliphatic carbocycles. The van der Waals surface area contributed by atoms with Crippen LogP contribution in [0.1, 0.15) is 24.7 Å². The van der Waals surface area contributed by atoms with Crippen LogP contribution < -0.4 is 10.1 Å². The van der Waals surface area contributed by atoms with Gasteiger partial charge < -0.3 is 10.1 Å². The molecule has 21 heavy (non-hydrogen) atoms. The Kier molecular flexibility index (Phi) is 4.82. The standard InChI is InChI=1S/C14H20BrN5O/c1-6-7-9-11(15)13(16-3)18-12(17-9)10-8(2)19-20(4)14(10)21-5/h6-7H2,1-5H3,(H,16,17,18). The molecule has 0 amide bonds. The van der Waals surface area contributed by atoms with E-state index in [0.717, 1.165) is 40.1 Å². The zero-order valence-electron chi connectivity index (χ0n) is 13.0. The van der Waals surface area contributed by atoms with E-state index in [1.165, 1.54) is 0 Å². The minimum Gasteiger partial charge on any atom is -0.481 e. The molecule has 6 nitrogen and oxygen atoms in total. The van der Waals surface area contributed by atoms with E-state index in [-0.39, 0.29) is 0 Å². The molecule has 2 rings (SSSR count). The zero-order chi connectivity index (χ0) is 15.6. The van der Waals surface area contributed by atoms with Crippen LogP contribution in [0.5, 0.6) is 5.88 Å². The third kappa shape index (κ3) is 2.88. The van der Waals surface area contributed by atoms with Gasteiger partial charge in [-0.05, 0) is 29.3 Å². The highest BCUT2D eigenvalue weighted by Gasteiger charge is 2.21. The number of nitrogens with one attached hydrogen (secondary N) is 1. The molecule has 0 aromatic carbocycles. The number of ether oxygens (including phenoxy) is 1. The van der Waals surface area contributed by atoms with Crippen molar-refractivity contribution in [2.75, 3.05) is 19.5 Å². The van der Waals surface area contributed by atoms with Crippen LogP contribution in [0, 0.1) is 6.92 Å². The van der Waals surface area contributed by atoms with Crippen LogP contribution >= 0.6 is 15.9 Å². The third-order valence-corrected chi connectivity index (χ3v) is 4.06. The molecule has 2 heterocycles. The van der Waals surface area contributed by atoms with Gasteiger partial charge in [0.25, 0.3) is 0 Å². The van der Waals surface area contributed by atoms with E-state index < -0.39 is 0 Å². The Morgan fingerprint density at radius 3 is 2.62 bits per heavy atom. The molecule has 2 aromatic heterocycles. The summed E-state index contributed by atoms with van der Waals surface area (Å²) in [6.45, 7) is 4.06. The van der Waals surface area contributed by atoms with E-state index in [1.54, 1.807) is 11.8 Å². The molecule has 0 atom stereocenters. The topological polar surface area (TPSA) is 64.9 Å². The molecule has 2 aromatic rings. The van der Waals surface area contributed by atoms with Gasteiger partial charge in [-0.3, -0.25) is 0 Å². The molecule has 0 saturated carbocycles. The van der Waals surface area contributed by atoms with Gasteiger partial charge in [0.1, 0.15) is 11.4 Å². The van der Waals surface area contributed by atoms with Crippen molar-refractivity contribution in [3.63, 3.8) is 0 Å². The molecule has 0 spiro atoms. The number of halogens is 1. The fourth-order valence-electron chi connectivity index (χ4n) is 2.30. The SMILES string of the molecule is CCCc1nc(-c2c(C)nn(C)c2OC)nc(NC)c1Br. The van der Waals surface area contributed by atoms with Crippen LogP contribution in [-0.2, 0) is 13.5 Å². The number of aryl methyl sites for hydroxylation is 3. The first kappa shape index (κ1) is 15.8. The summed E-state index contributed by atoms with van der Waals surface area (Å²) in [4.78, 5) is 9.28. The number of hydrogen-bond acceptors (Lipinski definition) is 5. The molecular weight excluding hydrogens is 334 g/mol. The predicted molar refractivity (Wildman–Crippen MR) is 86.8 cm³/mol. The molecule has 7 heteroatoms. The van der Waals surface area contributed by atoms with Crippen molar-refractivity contribution in [3.8, 4) is 17.3 Å². The highest BCUT2D eigenvalue weighted by Crippen LogP contribution is 2.33. The van der Waals surface area contributed by atoms with Gasteiger partial charge in [-0.2, -0.15) is 5.10 Å². The first-order chi connectivity index (χ1) is 10.0. The van der Waals surface area contributed by atoms with Crippen LogP contribution in [0.3, 0.4) is 0 Å². The number of rotatable bonds is 5. The predicted octanol–water partition coefficient (Wildman–Crippen LogP) is 2.95. The van der Waals surface area contributed by atoms with Gasteiger partial charge in [0, 0.05) is 14.1 Å². The van der Waals surface area contributed by atoms with Gasteiger partial charge in [-0.1, -0.05) is 13.3 Å². The van der Waals surface area contributed by atoms with Gasteiger partial charge >= 0.3 is 0 Å². The summed E-state index contributed by atoms with van der Waals surface area (Å²) in [5, 5.41) is 7.49. The van der Waals surface area contributed by atoms with E-state index in [9.17, 15) is 0 Å². The number of methoxy groups -OCH3 is 1. The van der Waals surface area contributed by atoms with E-state index in [2.05, 4.69) is 38.3 Å². The average Bonchev–Trinajstić information content (AvgIpc) is 2.75. The second-order valence-corrected chi connectivity index (χ2v) is 5.54. The second kappa shape index (κ2) is 6.43. The molecule has 0 bridgehead atoms. The van der Waals surface area contributed by atoms with Gasteiger partial charge in [0.05, 0.1) is 23.0 Å². The summed E-state index contributed by atoms with van der Waals surface area (Å²) >= 11 is 3.57. The first-order valence-corrected chi connectivity index (χ1v) is 7.64. The lowest BCUT2D eigenvalue weighted by molar-refractivity contribution is 0.374. The van der Waals surface area contributed by atoms with Crippen molar-refractivity contribution < 1.29 is 4.74 Å². The third-order valence-electron chi connectivity index (χ3n) is 3.23. The first-order valence-electron chi connectivity index (χ1n) is 6.85. The van der Waals surface area contributed by atoms with Crippen molar-refractivity contribution >= 4 is 21.7 Å². The van der Waals surface area contributed by atoms with Crippen LogP contribution in [0.2, 0.25) is 0 Å². The van der Waals surface area contributed by atoms with Gasteiger partial charge in [-0.25, -0.2) is 14.6 Å². The fourth-order valence-corrected chi connectivity index (χ4v) is 2.88. The fraction of sp³-hybridized carbons (Fsp3) is 0.500. The Bertz CT molecular complexity index is 653. The normalized spacial score (nSPS) is 10.8. The maximum atomic E-state index is 5.44. The van der Waals surface area contributed by atoms with Crippen LogP contribution in [-0.4, -0.2) is 33.9 Å². The highest BCUT2D eigenvalue weighted by atomic mass is 79.9. The molecule has 0 radical (unpaired) electrons. The summed E-state index contributed by atoms with van der Waals surface area (Å²) in [7, 11) is 5.32. The van der Waals surface area contributed by atoms with Crippen LogP contribution in [0.15, 0.2) is 4.47 Å². The van der Waals surface area contributed by atoms with Crippen LogP contribution in [0.25, 0.3) is 11.4 Å². The monoisotopic (exact) mass is 353 g/mol. The van der Waals surface area contributed by atoms with Crippen molar-refractivity contribution in [2.45, 2.75) is 26.7 Å². The van der Waals surface area contributed by atoms with E-state index in [0.29, 0.717) is 11.7 Å². The van der Waals surface area contributed by atoms with Gasteiger partial charge in [0.15, 0.2) is 5.82 Å². The Hall–Kier alpha value is -1.63. The number of aromatic nitrogens is 4. The minimum absolute atomic E-state index is 0.633. The van der Waals surface area contributed by atoms with E-state index in [1.807, 2.05) is 21.0 Å². The summed E-state index contributed by atoms with van der Waals surface area (Å²) in [6, 6.07) is 0. The lowest BCUT2D eigenvalue weighted by Gasteiger charge is -2.11. The summed E-state index contributed by atoms with van der Waals surface area (Å²) in [5.41, 5.74) is 2.67. The Morgan fingerprint density at radius 2 is 2.05 bits per heavy atom. The van der Waals surface area contributed by atoms with E-state index >= 15 is 0 Å². The smallest absolute Gasteiger partial charge is 0.222 e. The average molecular weight is 354 g/mol. The summed E-state index contributed by atoms with van der Waals surface area (Å²) in [5.74, 6) is 2.07. The van der Waals surface area contributed by atoms with Gasteiger partial charge in [-0.15, -0.1) is 0 Å². The Labute approximate surface area is 133 Å². The largest absolute Gasteiger partial charge is 0.481 e. The quantitative estimate of drug-likeness (QED) is 0.894. The highest BCUT2D eigenvalue weighted by molar-refractivity contribution is 9.10. The summed E-state index contributed by atoms with van der Waals surface area (Å²) in [6.07, 6.45) is 1.90. The summed E-state index contributed by atoms with van der Waals surface area (Å²) < 4.78 is 8.06. The van der Waals surface area contributed by atoms with Crippen LogP contribution in [0.4, 0.5) is 5.82 Å². The minimum atomic E-state index is 0.633. The second-order valence-electron chi connectivity index (χ2n) is 4.75.